The number of oxazole rings is 1. The molecular formula is C9H12N2O. The van der Waals surface area contributed by atoms with Crippen LogP contribution < -0.4 is 0 Å². The second-order valence-corrected chi connectivity index (χ2v) is 2.08. The van der Waals surface area contributed by atoms with Crippen molar-refractivity contribution >= 4 is 11.1 Å². The molecule has 12 heavy (non-hydrogen) atoms. The van der Waals surface area contributed by atoms with E-state index in [1.165, 1.54) is 0 Å². The molecule has 0 aromatic carbocycles. The van der Waals surface area contributed by atoms with Crippen LogP contribution in [0, 0.1) is 6.92 Å². The summed E-state index contributed by atoms with van der Waals surface area (Å²) in [5.41, 5.74) is 1.62. The third-order valence-electron chi connectivity index (χ3n) is 1.30. The highest BCUT2D eigenvalue weighted by Gasteiger charge is 1.98. The third-order valence-corrected chi connectivity index (χ3v) is 1.30. The van der Waals surface area contributed by atoms with E-state index in [-0.39, 0.29) is 0 Å². The third kappa shape index (κ3) is 1.61. The zero-order chi connectivity index (χ0) is 8.97. The van der Waals surface area contributed by atoms with Gasteiger partial charge in [-0.1, -0.05) is 13.8 Å². The summed E-state index contributed by atoms with van der Waals surface area (Å²) in [6.07, 6.45) is 3.37. The molecule has 0 saturated carbocycles. The van der Waals surface area contributed by atoms with Gasteiger partial charge in [-0.2, -0.15) is 0 Å². The van der Waals surface area contributed by atoms with Crippen LogP contribution in [0.5, 0.6) is 0 Å². The zero-order valence-electron chi connectivity index (χ0n) is 7.53. The smallest absolute Gasteiger partial charge is 0.192 e. The molecule has 0 bridgehead atoms. The fraction of sp³-hybridized carbons (Fsp3) is 0.333. The van der Waals surface area contributed by atoms with Crippen molar-refractivity contribution < 1.29 is 4.42 Å². The molecule has 2 aromatic rings. The monoisotopic (exact) mass is 164 g/mol. The lowest BCUT2D eigenvalue weighted by Gasteiger charge is -1.79. The van der Waals surface area contributed by atoms with Crippen molar-refractivity contribution in [3.8, 4) is 0 Å². The maximum atomic E-state index is 5.22. The van der Waals surface area contributed by atoms with E-state index >= 15 is 0 Å². The number of aryl methyl sites for hydroxylation is 1. The molecule has 2 rings (SSSR count). The van der Waals surface area contributed by atoms with Crippen LogP contribution >= 0.6 is 0 Å². The van der Waals surface area contributed by atoms with Gasteiger partial charge in [0.05, 0.1) is 6.20 Å². The number of rotatable bonds is 0. The first-order valence-electron chi connectivity index (χ1n) is 4.03. The predicted molar refractivity (Wildman–Crippen MR) is 47.9 cm³/mol. The Morgan fingerprint density at radius 1 is 1.33 bits per heavy atom. The van der Waals surface area contributed by atoms with Crippen LogP contribution in [0.4, 0.5) is 0 Å². The van der Waals surface area contributed by atoms with Crippen molar-refractivity contribution in [3.05, 3.63) is 24.4 Å². The van der Waals surface area contributed by atoms with Gasteiger partial charge in [-0.25, -0.2) is 4.98 Å². The van der Waals surface area contributed by atoms with Crippen molar-refractivity contribution in [3.63, 3.8) is 0 Å². The summed E-state index contributed by atoms with van der Waals surface area (Å²) < 4.78 is 5.22. The highest BCUT2D eigenvalue weighted by atomic mass is 16.3. The molecule has 0 atom stereocenters. The van der Waals surface area contributed by atoms with Crippen molar-refractivity contribution in [1.82, 2.24) is 9.97 Å². The maximum absolute atomic E-state index is 5.22. The Balaban J connectivity index is 0.000000336. The number of fused-ring (bicyclic) bond motifs is 1. The van der Waals surface area contributed by atoms with Crippen LogP contribution in [0.15, 0.2) is 22.9 Å². The van der Waals surface area contributed by atoms with Crippen molar-refractivity contribution in [2.75, 3.05) is 0 Å². The molecule has 0 fully saturated rings. The van der Waals surface area contributed by atoms with E-state index in [1.807, 2.05) is 20.8 Å². The van der Waals surface area contributed by atoms with E-state index in [0.717, 1.165) is 11.1 Å². The number of pyridine rings is 1. The molecule has 3 heteroatoms. The minimum Gasteiger partial charge on any atom is -0.441 e. The Hall–Kier alpha value is -1.38. The Bertz CT molecular complexity index is 321. The topological polar surface area (TPSA) is 38.9 Å². The van der Waals surface area contributed by atoms with Crippen LogP contribution in [-0.4, -0.2) is 9.97 Å². The van der Waals surface area contributed by atoms with E-state index in [0.29, 0.717) is 5.89 Å². The first-order chi connectivity index (χ1) is 5.86. The Morgan fingerprint density at radius 3 is 2.75 bits per heavy atom. The van der Waals surface area contributed by atoms with E-state index in [1.54, 1.807) is 18.5 Å². The molecule has 0 aliphatic carbocycles. The summed E-state index contributed by atoms with van der Waals surface area (Å²) >= 11 is 0. The first kappa shape index (κ1) is 8.71. The molecule has 0 unspecified atom stereocenters. The average Bonchev–Trinajstić information content (AvgIpc) is 2.48. The molecular weight excluding hydrogens is 152 g/mol. The first-order valence-corrected chi connectivity index (χ1v) is 4.03. The van der Waals surface area contributed by atoms with Gasteiger partial charge in [-0.3, -0.25) is 4.98 Å². The van der Waals surface area contributed by atoms with Gasteiger partial charge in [-0.05, 0) is 0 Å². The fourth-order valence-corrected chi connectivity index (χ4v) is 0.895. The van der Waals surface area contributed by atoms with E-state index in [2.05, 4.69) is 9.97 Å². The predicted octanol–water partition coefficient (Wildman–Crippen LogP) is 2.56. The molecule has 0 aliphatic rings. The van der Waals surface area contributed by atoms with Crippen LogP contribution in [-0.2, 0) is 0 Å². The fourth-order valence-electron chi connectivity index (χ4n) is 0.895. The normalized spacial score (nSPS) is 9.25. The molecule has 0 saturated heterocycles. The number of nitrogens with zero attached hydrogens (tertiary/aromatic N) is 2. The molecule has 0 amide bonds. The minimum absolute atomic E-state index is 0.683. The lowest BCUT2D eigenvalue weighted by Crippen LogP contribution is -1.69. The molecule has 3 nitrogen and oxygen atoms in total. The molecule has 2 aromatic heterocycles. The minimum atomic E-state index is 0.683. The van der Waals surface area contributed by atoms with Gasteiger partial charge in [0.15, 0.2) is 11.5 Å². The van der Waals surface area contributed by atoms with E-state index in [9.17, 15) is 0 Å². The second kappa shape index (κ2) is 3.85. The van der Waals surface area contributed by atoms with Crippen LogP contribution in [0.1, 0.15) is 19.7 Å². The standard InChI is InChI=1S/C7H6N2O.C2H6/c1-5-9-6-4-8-3-2-7(6)10-5;1-2/h2-4H,1H3;1-2H3. The SMILES string of the molecule is CC.Cc1nc2cnccc2o1. The molecule has 0 aliphatic heterocycles. The largest absolute Gasteiger partial charge is 0.441 e. The lowest BCUT2D eigenvalue weighted by molar-refractivity contribution is 0.561. The highest BCUT2D eigenvalue weighted by molar-refractivity contribution is 5.70. The molecule has 0 radical (unpaired) electrons. The molecule has 2 heterocycles. The average molecular weight is 164 g/mol. The van der Waals surface area contributed by atoms with Crippen molar-refractivity contribution in [1.29, 1.82) is 0 Å². The van der Waals surface area contributed by atoms with E-state index in [4.69, 9.17) is 4.42 Å². The summed E-state index contributed by atoms with van der Waals surface area (Å²) in [5.74, 6) is 0.683. The van der Waals surface area contributed by atoms with Crippen LogP contribution in [0.3, 0.4) is 0 Å². The maximum Gasteiger partial charge on any atom is 0.192 e. The summed E-state index contributed by atoms with van der Waals surface area (Å²) in [4.78, 5) is 7.99. The number of aromatic nitrogens is 2. The lowest BCUT2D eigenvalue weighted by atomic mass is 10.4. The number of hydrogen-bond acceptors (Lipinski definition) is 3. The summed E-state index contributed by atoms with van der Waals surface area (Å²) in [6, 6.07) is 1.80. The molecule has 0 spiro atoms. The van der Waals surface area contributed by atoms with Gasteiger partial charge in [0.2, 0.25) is 0 Å². The van der Waals surface area contributed by atoms with Crippen molar-refractivity contribution in [2.24, 2.45) is 0 Å². The van der Waals surface area contributed by atoms with Gasteiger partial charge < -0.3 is 4.42 Å². The van der Waals surface area contributed by atoms with Gasteiger partial charge in [-0.15, -0.1) is 0 Å². The van der Waals surface area contributed by atoms with Crippen LogP contribution in [0.25, 0.3) is 11.1 Å². The summed E-state index contributed by atoms with van der Waals surface area (Å²) in [6.45, 7) is 5.82. The highest BCUT2D eigenvalue weighted by Crippen LogP contribution is 2.11. The van der Waals surface area contributed by atoms with Crippen LogP contribution in [0.2, 0.25) is 0 Å². The van der Waals surface area contributed by atoms with Gasteiger partial charge >= 0.3 is 0 Å². The summed E-state index contributed by atoms with van der Waals surface area (Å²) in [7, 11) is 0. The number of hydrogen-bond donors (Lipinski definition) is 0. The quantitative estimate of drug-likeness (QED) is 0.600. The Kier molecular flexibility index (Phi) is 2.80. The van der Waals surface area contributed by atoms with Gasteiger partial charge in [0.1, 0.15) is 5.52 Å². The van der Waals surface area contributed by atoms with Crippen molar-refractivity contribution in [2.45, 2.75) is 20.8 Å². The molecule has 64 valence electrons. The zero-order valence-corrected chi connectivity index (χ0v) is 7.53. The molecule has 0 N–H and O–H groups in total. The summed E-state index contributed by atoms with van der Waals surface area (Å²) in [5, 5.41) is 0. The second-order valence-electron chi connectivity index (χ2n) is 2.08. The van der Waals surface area contributed by atoms with E-state index < -0.39 is 0 Å². The Labute approximate surface area is 71.4 Å². The van der Waals surface area contributed by atoms with Gasteiger partial charge in [0, 0.05) is 19.2 Å². The Morgan fingerprint density at radius 2 is 2.08 bits per heavy atom. The van der Waals surface area contributed by atoms with Gasteiger partial charge in [0.25, 0.3) is 0 Å².